The molecule has 0 aromatic rings. The average Bonchev–Trinajstić information content (AvgIpc) is 2.35. The van der Waals surface area contributed by atoms with Crippen molar-refractivity contribution in [2.45, 2.75) is 46.1 Å². The number of rotatable bonds is 8. The molecule has 3 heteroatoms. The predicted octanol–water partition coefficient (Wildman–Crippen LogP) is 2.28. The zero-order chi connectivity index (χ0) is 14.3. The van der Waals surface area contributed by atoms with Gasteiger partial charge in [-0.1, -0.05) is 20.8 Å². The van der Waals surface area contributed by atoms with Gasteiger partial charge in [0.25, 0.3) is 0 Å². The van der Waals surface area contributed by atoms with Gasteiger partial charge < -0.3 is 10.2 Å². The molecule has 0 aromatic carbocycles. The molecular weight excluding hydrogens is 234 g/mol. The molecule has 1 heterocycles. The summed E-state index contributed by atoms with van der Waals surface area (Å²) >= 11 is 0. The molecule has 0 aromatic heterocycles. The Morgan fingerprint density at radius 2 is 1.84 bits per heavy atom. The Kier molecular flexibility index (Phi) is 7.96. The molecule has 1 rings (SSSR count). The molecule has 0 saturated carbocycles. The quantitative estimate of drug-likeness (QED) is 0.682. The van der Waals surface area contributed by atoms with Gasteiger partial charge >= 0.3 is 0 Å². The zero-order valence-electron chi connectivity index (χ0n) is 13.8. The molecule has 1 unspecified atom stereocenters. The third kappa shape index (κ3) is 6.24. The van der Waals surface area contributed by atoms with Crippen molar-refractivity contribution in [2.24, 2.45) is 11.8 Å². The van der Waals surface area contributed by atoms with Crippen LogP contribution >= 0.6 is 0 Å². The van der Waals surface area contributed by atoms with Crippen molar-refractivity contribution >= 4 is 0 Å². The molecule has 1 N–H and O–H groups in total. The smallest absolute Gasteiger partial charge is 0.0243 e. The standard InChI is InChI=1S/C16H35N3/c1-6-9-17-12-16(14(2)3)19-10-7-15(8-11-19)13-18(4)5/h14-17H,6-13H2,1-5H3. The first kappa shape index (κ1) is 16.9. The Balaban J connectivity index is 2.36. The lowest BCUT2D eigenvalue weighted by molar-refractivity contribution is 0.0944. The normalized spacial score (nSPS) is 20.4. The highest BCUT2D eigenvalue weighted by molar-refractivity contribution is 4.82. The van der Waals surface area contributed by atoms with Crippen molar-refractivity contribution < 1.29 is 0 Å². The van der Waals surface area contributed by atoms with E-state index < -0.39 is 0 Å². The van der Waals surface area contributed by atoms with Crippen molar-refractivity contribution in [3.05, 3.63) is 0 Å². The van der Waals surface area contributed by atoms with Gasteiger partial charge in [-0.05, 0) is 64.8 Å². The van der Waals surface area contributed by atoms with Crippen LogP contribution in [0.1, 0.15) is 40.0 Å². The molecule has 1 saturated heterocycles. The molecule has 19 heavy (non-hydrogen) atoms. The van der Waals surface area contributed by atoms with Crippen molar-refractivity contribution in [1.82, 2.24) is 15.1 Å². The highest BCUT2D eigenvalue weighted by atomic mass is 15.2. The first-order chi connectivity index (χ1) is 9.04. The monoisotopic (exact) mass is 269 g/mol. The van der Waals surface area contributed by atoms with Crippen LogP contribution in [-0.4, -0.2) is 62.7 Å². The van der Waals surface area contributed by atoms with E-state index in [1.54, 1.807) is 0 Å². The molecule has 1 atom stereocenters. The Morgan fingerprint density at radius 3 is 2.32 bits per heavy atom. The van der Waals surface area contributed by atoms with Gasteiger partial charge in [0, 0.05) is 19.1 Å². The number of hydrogen-bond donors (Lipinski definition) is 1. The predicted molar refractivity (Wildman–Crippen MR) is 84.6 cm³/mol. The van der Waals surface area contributed by atoms with Crippen molar-refractivity contribution in [1.29, 1.82) is 0 Å². The van der Waals surface area contributed by atoms with E-state index in [1.807, 2.05) is 0 Å². The largest absolute Gasteiger partial charge is 0.315 e. The summed E-state index contributed by atoms with van der Waals surface area (Å²) in [7, 11) is 4.38. The minimum Gasteiger partial charge on any atom is -0.315 e. The highest BCUT2D eigenvalue weighted by Crippen LogP contribution is 2.22. The van der Waals surface area contributed by atoms with Gasteiger partial charge in [-0.25, -0.2) is 0 Å². The SMILES string of the molecule is CCCNCC(C(C)C)N1CCC(CN(C)C)CC1. The van der Waals surface area contributed by atoms with E-state index in [9.17, 15) is 0 Å². The number of hydrogen-bond acceptors (Lipinski definition) is 3. The molecule has 0 radical (unpaired) electrons. The van der Waals surface area contributed by atoms with Gasteiger partial charge in [-0.3, -0.25) is 4.90 Å². The molecule has 0 bridgehead atoms. The van der Waals surface area contributed by atoms with E-state index in [1.165, 1.54) is 38.9 Å². The van der Waals surface area contributed by atoms with Crippen molar-refractivity contribution in [3.8, 4) is 0 Å². The number of nitrogens with zero attached hydrogens (tertiary/aromatic N) is 2. The maximum Gasteiger partial charge on any atom is 0.0243 e. The van der Waals surface area contributed by atoms with E-state index in [2.05, 4.69) is 50.0 Å². The van der Waals surface area contributed by atoms with Crippen LogP contribution in [0.2, 0.25) is 0 Å². The number of nitrogens with one attached hydrogen (secondary N) is 1. The van der Waals surface area contributed by atoms with Gasteiger partial charge in [-0.2, -0.15) is 0 Å². The second-order valence-electron chi connectivity index (χ2n) is 6.76. The zero-order valence-corrected chi connectivity index (χ0v) is 13.8. The second-order valence-corrected chi connectivity index (χ2v) is 6.76. The van der Waals surface area contributed by atoms with Crippen molar-refractivity contribution in [2.75, 3.05) is 46.8 Å². The summed E-state index contributed by atoms with van der Waals surface area (Å²) in [5.41, 5.74) is 0. The van der Waals surface area contributed by atoms with E-state index >= 15 is 0 Å². The maximum absolute atomic E-state index is 3.61. The van der Waals surface area contributed by atoms with Crippen LogP contribution < -0.4 is 5.32 Å². The van der Waals surface area contributed by atoms with Crippen LogP contribution in [0.25, 0.3) is 0 Å². The van der Waals surface area contributed by atoms with E-state index in [0.29, 0.717) is 6.04 Å². The summed E-state index contributed by atoms with van der Waals surface area (Å²) in [6.45, 7) is 13.1. The van der Waals surface area contributed by atoms with Gasteiger partial charge in [-0.15, -0.1) is 0 Å². The fourth-order valence-corrected chi connectivity index (χ4v) is 3.20. The Morgan fingerprint density at radius 1 is 1.21 bits per heavy atom. The van der Waals surface area contributed by atoms with Crippen LogP contribution in [0.5, 0.6) is 0 Å². The highest BCUT2D eigenvalue weighted by Gasteiger charge is 2.26. The third-order valence-corrected chi connectivity index (χ3v) is 4.29. The van der Waals surface area contributed by atoms with E-state index in [4.69, 9.17) is 0 Å². The molecule has 3 nitrogen and oxygen atoms in total. The fraction of sp³-hybridized carbons (Fsp3) is 1.00. The lowest BCUT2D eigenvalue weighted by Gasteiger charge is -2.40. The Labute approximate surface area is 120 Å². The average molecular weight is 269 g/mol. The van der Waals surface area contributed by atoms with Crippen LogP contribution in [0.3, 0.4) is 0 Å². The fourth-order valence-electron chi connectivity index (χ4n) is 3.20. The molecule has 0 aliphatic carbocycles. The molecule has 114 valence electrons. The first-order valence-electron chi connectivity index (χ1n) is 8.14. The second kappa shape index (κ2) is 8.93. The molecule has 1 aliphatic heterocycles. The number of likely N-dealkylation sites (tertiary alicyclic amines) is 1. The van der Waals surface area contributed by atoms with Crippen LogP contribution in [0.15, 0.2) is 0 Å². The Bertz CT molecular complexity index is 220. The van der Waals surface area contributed by atoms with E-state index in [-0.39, 0.29) is 0 Å². The van der Waals surface area contributed by atoms with Gasteiger partial charge in [0.15, 0.2) is 0 Å². The van der Waals surface area contributed by atoms with Crippen LogP contribution in [-0.2, 0) is 0 Å². The first-order valence-corrected chi connectivity index (χ1v) is 8.14. The summed E-state index contributed by atoms with van der Waals surface area (Å²) in [5.74, 6) is 1.65. The van der Waals surface area contributed by atoms with Crippen LogP contribution in [0, 0.1) is 11.8 Å². The van der Waals surface area contributed by atoms with Crippen molar-refractivity contribution in [3.63, 3.8) is 0 Å². The summed E-state index contributed by atoms with van der Waals surface area (Å²) in [6.07, 6.45) is 3.97. The summed E-state index contributed by atoms with van der Waals surface area (Å²) in [6, 6.07) is 0.715. The summed E-state index contributed by atoms with van der Waals surface area (Å²) in [4.78, 5) is 5.06. The lowest BCUT2D eigenvalue weighted by Crippen LogP contribution is -2.49. The van der Waals surface area contributed by atoms with Gasteiger partial charge in [0.05, 0.1) is 0 Å². The third-order valence-electron chi connectivity index (χ3n) is 4.29. The maximum atomic E-state index is 3.61. The summed E-state index contributed by atoms with van der Waals surface area (Å²) < 4.78 is 0. The lowest BCUT2D eigenvalue weighted by atomic mass is 9.93. The molecule has 0 amide bonds. The van der Waals surface area contributed by atoms with E-state index in [0.717, 1.165) is 24.9 Å². The number of piperidine rings is 1. The van der Waals surface area contributed by atoms with Crippen LogP contribution in [0.4, 0.5) is 0 Å². The molecule has 1 aliphatic rings. The van der Waals surface area contributed by atoms with Gasteiger partial charge in [0.1, 0.15) is 0 Å². The molecular formula is C16H35N3. The molecule has 0 spiro atoms. The molecule has 1 fully saturated rings. The van der Waals surface area contributed by atoms with Gasteiger partial charge in [0.2, 0.25) is 0 Å². The minimum atomic E-state index is 0.715. The topological polar surface area (TPSA) is 18.5 Å². The minimum absolute atomic E-state index is 0.715. The summed E-state index contributed by atoms with van der Waals surface area (Å²) in [5, 5.41) is 3.61. The Hall–Kier alpha value is -0.120.